The summed E-state index contributed by atoms with van der Waals surface area (Å²) in [6.07, 6.45) is 1.41. The molecule has 0 unspecified atom stereocenters. The summed E-state index contributed by atoms with van der Waals surface area (Å²) >= 11 is 0. The third-order valence-corrected chi connectivity index (χ3v) is 1.33. The molecule has 1 rings (SSSR count). The minimum atomic E-state index is -0.730. The fourth-order valence-corrected chi connectivity index (χ4v) is 0.744. The van der Waals surface area contributed by atoms with Gasteiger partial charge in [0.15, 0.2) is 0 Å². The lowest BCUT2D eigenvalue weighted by Gasteiger charge is -1.91. The number of aromatic nitrogens is 1. The number of aromatic amines is 1. The van der Waals surface area contributed by atoms with Crippen LogP contribution in [0.2, 0.25) is 0 Å². The highest BCUT2D eigenvalue weighted by molar-refractivity contribution is 5.43. The molecule has 0 amide bonds. The Morgan fingerprint density at radius 1 is 1.58 bits per heavy atom. The van der Waals surface area contributed by atoms with Gasteiger partial charge in [-0.3, -0.25) is 14.9 Å². The van der Waals surface area contributed by atoms with Crippen molar-refractivity contribution in [2.45, 2.75) is 0 Å². The Morgan fingerprint density at radius 3 is 2.67 bits per heavy atom. The number of rotatable bonds is 2. The van der Waals surface area contributed by atoms with E-state index in [1.54, 1.807) is 0 Å². The maximum absolute atomic E-state index is 10.9. The van der Waals surface area contributed by atoms with Crippen LogP contribution in [0.5, 0.6) is 0 Å². The monoisotopic (exact) mass is 166 g/mol. The Labute approximate surface area is 67.5 Å². The molecule has 62 valence electrons. The van der Waals surface area contributed by atoms with Crippen molar-refractivity contribution < 1.29 is 4.92 Å². The van der Waals surface area contributed by atoms with Crippen molar-refractivity contribution in [1.82, 2.24) is 4.98 Å². The van der Waals surface area contributed by atoms with E-state index in [9.17, 15) is 14.9 Å². The quantitative estimate of drug-likeness (QED) is 0.524. The van der Waals surface area contributed by atoms with Crippen LogP contribution >= 0.6 is 0 Å². The normalized spacial score (nSPS) is 9.33. The molecule has 0 aromatic carbocycles. The molecule has 5 nitrogen and oxygen atoms in total. The van der Waals surface area contributed by atoms with Crippen molar-refractivity contribution in [3.63, 3.8) is 0 Å². The van der Waals surface area contributed by atoms with Crippen LogP contribution in [0.15, 0.2) is 23.5 Å². The van der Waals surface area contributed by atoms with Crippen LogP contribution in [0.3, 0.4) is 0 Å². The van der Waals surface area contributed by atoms with E-state index in [1.165, 1.54) is 12.1 Å². The summed E-state index contributed by atoms with van der Waals surface area (Å²) in [6, 6.07) is 2.57. The lowest BCUT2D eigenvalue weighted by molar-refractivity contribution is -0.386. The van der Waals surface area contributed by atoms with Crippen LogP contribution < -0.4 is 5.56 Å². The van der Waals surface area contributed by atoms with Gasteiger partial charge in [-0.2, -0.15) is 0 Å². The maximum Gasteiger partial charge on any atom is 0.333 e. The molecule has 1 aromatic rings. The fraction of sp³-hybridized carbons (Fsp3) is 0. The summed E-state index contributed by atoms with van der Waals surface area (Å²) in [5.74, 6) is 0. The number of hydrogen-bond donors (Lipinski definition) is 1. The lowest BCUT2D eigenvalue weighted by Crippen LogP contribution is -2.11. The van der Waals surface area contributed by atoms with E-state index in [4.69, 9.17) is 0 Å². The molecule has 12 heavy (non-hydrogen) atoms. The molecule has 1 N–H and O–H groups in total. The highest BCUT2D eigenvalue weighted by Crippen LogP contribution is 2.03. The molecule has 0 fully saturated rings. The van der Waals surface area contributed by atoms with Gasteiger partial charge in [0.05, 0.1) is 4.92 Å². The Morgan fingerprint density at radius 2 is 2.25 bits per heavy atom. The molecule has 5 heteroatoms. The topological polar surface area (TPSA) is 76.0 Å². The number of nitro groups is 1. The molecule has 0 aliphatic carbocycles. The molecular weight excluding hydrogens is 160 g/mol. The molecule has 0 saturated heterocycles. The average molecular weight is 166 g/mol. The summed E-state index contributed by atoms with van der Waals surface area (Å²) in [6.45, 7) is 3.41. The van der Waals surface area contributed by atoms with Gasteiger partial charge < -0.3 is 4.98 Å². The Hall–Kier alpha value is -1.91. The van der Waals surface area contributed by atoms with Crippen LogP contribution in [-0.2, 0) is 0 Å². The van der Waals surface area contributed by atoms with E-state index in [1.807, 2.05) is 0 Å². The first-order chi connectivity index (χ1) is 5.65. The van der Waals surface area contributed by atoms with Gasteiger partial charge in [0.2, 0.25) is 0 Å². The van der Waals surface area contributed by atoms with E-state index in [2.05, 4.69) is 11.6 Å². The first kappa shape index (κ1) is 8.19. The van der Waals surface area contributed by atoms with Gasteiger partial charge in [-0.1, -0.05) is 6.58 Å². The molecule has 0 aliphatic heterocycles. The fourth-order valence-electron chi connectivity index (χ4n) is 0.744. The molecule has 1 aromatic heterocycles. The minimum absolute atomic E-state index is 0.458. The highest BCUT2D eigenvalue weighted by atomic mass is 16.6. The molecule has 1 heterocycles. The zero-order valence-corrected chi connectivity index (χ0v) is 6.11. The molecule has 0 aliphatic rings. The summed E-state index contributed by atoms with van der Waals surface area (Å²) in [5, 5.41) is 10.2. The molecule has 0 atom stereocenters. The summed E-state index contributed by atoms with van der Waals surface area (Å²) < 4.78 is 0. The standard InChI is InChI=1S/C7H6N2O3/c1-2-5-3-4-6(9(11)12)7(10)8-5/h2-4H,1H2,(H,8,10). The average Bonchev–Trinajstić information content (AvgIpc) is 2.03. The van der Waals surface area contributed by atoms with Crippen molar-refractivity contribution in [3.8, 4) is 0 Å². The first-order valence-corrected chi connectivity index (χ1v) is 3.15. The Balaban J connectivity index is 3.30. The van der Waals surface area contributed by atoms with E-state index < -0.39 is 16.2 Å². The molecule has 0 radical (unpaired) electrons. The molecular formula is C7H6N2O3. The zero-order chi connectivity index (χ0) is 9.14. The smallest absolute Gasteiger partial charge is 0.317 e. The molecule has 0 saturated carbocycles. The van der Waals surface area contributed by atoms with Crippen molar-refractivity contribution in [2.75, 3.05) is 0 Å². The number of H-pyrrole nitrogens is 1. The van der Waals surface area contributed by atoms with E-state index in [0.29, 0.717) is 5.69 Å². The lowest BCUT2D eigenvalue weighted by atomic mass is 10.3. The highest BCUT2D eigenvalue weighted by Gasteiger charge is 2.10. The number of nitrogens with zero attached hydrogens (tertiary/aromatic N) is 1. The summed E-state index contributed by atoms with van der Waals surface area (Å²) in [4.78, 5) is 22.6. The second-order valence-corrected chi connectivity index (χ2v) is 2.09. The van der Waals surface area contributed by atoms with Gasteiger partial charge in [0.1, 0.15) is 0 Å². The Kier molecular flexibility index (Phi) is 2.05. The summed E-state index contributed by atoms with van der Waals surface area (Å²) in [7, 11) is 0. The van der Waals surface area contributed by atoms with E-state index in [0.717, 1.165) is 6.07 Å². The van der Waals surface area contributed by atoms with Gasteiger partial charge in [-0.25, -0.2) is 0 Å². The van der Waals surface area contributed by atoms with Crippen LogP contribution in [0.25, 0.3) is 6.08 Å². The van der Waals surface area contributed by atoms with Gasteiger partial charge in [0.25, 0.3) is 0 Å². The number of hydrogen-bond acceptors (Lipinski definition) is 3. The van der Waals surface area contributed by atoms with Crippen LogP contribution in [-0.4, -0.2) is 9.91 Å². The van der Waals surface area contributed by atoms with Gasteiger partial charge in [-0.15, -0.1) is 0 Å². The van der Waals surface area contributed by atoms with Gasteiger partial charge in [0, 0.05) is 11.8 Å². The maximum atomic E-state index is 10.9. The van der Waals surface area contributed by atoms with Gasteiger partial charge in [-0.05, 0) is 12.1 Å². The largest absolute Gasteiger partial charge is 0.333 e. The Bertz CT molecular complexity index is 380. The van der Waals surface area contributed by atoms with E-state index >= 15 is 0 Å². The van der Waals surface area contributed by atoms with Crippen molar-refractivity contribution >= 4 is 11.8 Å². The predicted molar refractivity (Wildman–Crippen MR) is 43.8 cm³/mol. The van der Waals surface area contributed by atoms with E-state index in [-0.39, 0.29) is 0 Å². The van der Waals surface area contributed by atoms with Crippen LogP contribution in [0, 0.1) is 10.1 Å². The SMILES string of the molecule is C=Cc1ccc([N+](=O)[O-])c(=O)[nH]1. The van der Waals surface area contributed by atoms with Crippen molar-refractivity contribution in [1.29, 1.82) is 0 Å². The van der Waals surface area contributed by atoms with Crippen LogP contribution in [0.4, 0.5) is 5.69 Å². The second-order valence-electron chi connectivity index (χ2n) is 2.09. The van der Waals surface area contributed by atoms with Crippen LogP contribution in [0.1, 0.15) is 5.69 Å². The zero-order valence-electron chi connectivity index (χ0n) is 6.11. The minimum Gasteiger partial charge on any atom is -0.317 e. The number of pyridine rings is 1. The predicted octanol–water partition coefficient (Wildman–Crippen LogP) is 0.926. The van der Waals surface area contributed by atoms with Crippen molar-refractivity contribution in [3.05, 3.63) is 44.9 Å². The number of nitrogens with one attached hydrogen (secondary N) is 1. The van der Waals surface area contributed by atoms with Crippen molar-refractivity contribution in [2.24, 2.45) is 0 Å². The first-order valence-electron chi connectivity index (χ1n) is 3.15. The van der Waals surface area contributed by atoms with Gasteiger partial charge >= 0.3 is 11.2 Å². The summed E-state index contributed by atoms with van der Waals surface area (Å²) in [5.41, 5.74) is -0.705. The molecule has 0 spiro atoms. The molecule has 0 bridgehead atoms. The second kappa shape index (κ2) is 3.00. The third-order valence-electron chi connectivity index (χ3n) is 1.33. The third kappa shape index (κ3) is 1.39.